The van der Waals surface area contributed by atoms with Crippen LogP contribution in [-0.4, -0.2) is 28.3 Å². The number of allylic oxidation sites excluding steroid dienone is 3. The fraction of sp³-hybridized carbons (Fsp3) is 0.424. The second-order valence-corrected chi connectivity index (χ2v) is 12.9. The lowest BCUT2D eigenvalue weighted by Crippen LogP contribution is -2.35. The van der Waals surface area contributed by atoms with Gasteiger partial charge >= 0.3 is 0 Å². The number of nitrogens with one attached hydrogen (secondary N) is 3. The van der Waals surface area contributed by atoms with Crippen molar-refractivity contribution in [3.8, 4) is 11.4 Å². The minimum absolute atomic E-state index is 0.0489. The van der Waals surface area contributed by atoms with E-state index < -0.39 is 0 Å². The summed E-state index contributed by atoms with van der Waals surface area (Å²) >= 11 is 12.1. The summed E-state index contributed by atoms with van der Waals surface area (Å²) in [5, 5.41) is 7.09. The number of anilines is 1. The minimum Gasteiger partial charge on any atom is -0.352 e. The summed E-state index contributed by atoms with van der Waals surface area (Å²) < 4.78 is 0. The van der Waals surface area contributed by atoms with Crippen LogP contribution in [0.5, 0.6) is 0 Å². The molecule has 2 aromatic carbocycles. The van der Waals surface area contributed by atoms with Gasteiger partial charge in [-0.15, -0.1) is 0 Å². The number of aromatic amines is 1. The molecular formula is C33H38Cl2N4O2. The van der Waals surface area contributed by atoms with Crippen LogP contribution < -0.4 is 10.6 Å². The number of amides is 2. The highest BCUT2D eigenvalue weighted by Crippen LogP contribution is 2.42. The summed E-state index contributed by atoms with van der Waals surface area (Å²) in [6.45, 7) is 7.75. The van der Waals surface area contributed by atoms with E-state index in [0.29, 0.717) is 56.9 Å². The molecule has 0 aliphatic heterocycles. The van der Waals surface area contributed by atoms with E-state index in [1.807, 2.05) is 42.5 Å². The molecule has 2 unspecified atom stereocenters. The maximum atomic E-state index is 13.0. The van der Waals surface area contributed by atoms with E-state index in [4.69, 9.17) is 28.2 Å². The second-order valence-electron chi connectivity index (χ2n) is 12.1. The normalized spacial score (nSPS) is 19.7. The molecule has 2 aliphatic rings. The molecule has 1 saturated carbocycles. The van der Waals surface area contributed by atoms with Crippen LogP contribution >= 0.6 is 23.2 Å². The van der Waals surface area contributed by atoms with E-state index in [-0.39, 0.29) is 11.8 Å². The summed E-state index contributed by atoms with van der Waals surface area (Å²) in [5.41, 5.74) is 4.73. The zero-order valence-electron chi connectivity index (χ0n) is 23.9. The summed E-state index contributed by atoms with van der Waals surface area (Å²) in [5.74, 6) is 1.71. The number of fused-ring (bicyclic) bond motifs is 1. The molecule has 2 amide bonds. The van der Waals surface area contributed by atoms with Crippen molar-refractivity contribution < 1.29 is 9.59 Å². The van der Waals surface area contributed by atoms with Crippen LogP contribution in [0.2, 0.25) is 0 Å². The largest absolute Gasteiger partial charge is 0.352 e. The topological polar surface area (TPSA) is 86.9 Å². The lowest BCUT2D eigenvalue weighted by Gasteiger charge is -2.39. The van der Waals surface area contributed by atoms with Crippen molar-refractivity contribution in [3.05, 3.63) is 69.7 Å². The van der Waals surface area contributed by atoms with Crippen LogP contribution in [0.1, 0.15) is 76.1 Å². The molecule has 0 radical (unpaired) electrons. The molecule has 1 aromatic heterocycles. The molecule has 5 rings (SSSR count). The van der Waals surface area contributed by atoms with Crippen molar-refractivity contribution >= 4 is 51.7 Å². The molecule has 2 atom stereocenters. The van der Waals surface area contributed by atoms with Crippen molar-refractivity contribution in [2.75, 3.05) is 11.9 Å². The third-order valence-electron chi connectivity index (χ3n) is 8.98. The number of halogens is 2. The third-order valence-corrected chi connectivity index (χ3v) is 9.80. The lowest BCUT2D eigenvalue weighted by molar-refractivity contribution is -0.113. The maximum Gasteiger partial charge on any atom is 0.251 e. The SMILES string of the molecule is CCC(C)(C)C1CCCC(CNC(=O)c2ccc3nc(-c4ccc(NC(=O)C5=CC(Cl)=C(Cl)CC5)cc4)[nH]c3c2)C1. The van der Waals surface area contributed by atoms with Crippen LogP contribution in [0.25, 0.3) is 22.4 Å². The summed E-state index contributed by atoms with van der Waals surface area (Å²) in [6, 6.07) is 13.1. The Morgan fingerprint density at radius 1 is 1.05 bits per heavy atom. The van der Waals surface area contributed by atoms with Gasteiger partial charge in [-0.3, -0.25) is 9.59 Å². The van der Waals surface area contributed by atoms with Crippen molar-refractivity contribution in [2.45, 2.75) is 65.7 Å². The molecule has 8 heteroatoms. The Kier molecular flexibility index (Phi) is 8.91. The number of hydrogen-bond donors (Lipinski definition) is 3. The predicted octanol–water partition coefficient (Wildman–Crippen LogP) is 8.55. The number of imidazole rings is 1. The molecular weight excluding hydrogens is 555 g/mol. The van der Waals surface area contributed by atoms with Gasteiger partial charge in [-0.05, 0) is 97.9 Å². The quantitative estimate of drug-likeness (QED) is 0.245. The molecule has 3 aromatic rings. The van der Waals surface area contributed by atoms with Gasteiger partial charge in [-0.25, -0.2) is 4.98 Å². The van der Waals surface area contributed by atoms with Gasteiger partial charge in [0.1, 0.15) is 5.82 Å². The van der Waals surface area contributed by atoms with Crippen LogP contribution in [-0.2, 0) is 4.79 Å². The highest BCUT2D eigenvalue weighted by atomic mass is 35.5. The number of carbonyl (C=O) groups is 2. The zero-order valence-corrected chi connectivity index (χ0v) is 25.5. The molecule has 0 saturated heterocycles. The summed E-state index contributed by atoms with van der Waals surface area (Å²) in [6.07, 6.45) is 8.83. The van der Waals surface area contributed by atoms with E-state index in [1.165, 1.54) is 32.1 Å². The first kappa shape index (κ1) is 29.4. The number of hydrogen-bond acceptors (Lipinski definition) is 3. The first-order chi connectivity index (χ1) is 19.6. The van der Waals surface area contributed by atoms with E-state index in [2.05, 4.69) is 36.4 Å². The van der Waals surface area contributed by atoms with Crippen LogP contribution in [0.4, 0.5) is 5.69 Å². The highest BCUT2D eigenvalue weighted by Gasteiger charge is 2.32. The maximum absolute atomic E-state index is 13.0. The smallest absolute Gasteiger partial charge is 0.251 e. The molecule has 1 fully saturated rings. The Balaban J connectivity index is 1.20. The van der Waals surface area contributed by atoms with Crippen LogP contribution in [0.3, 0.4) is 0 Å². The molecule has 3 N–H and O–H groups in total. The van der Waals surface area contributed by atoms with Gasteiger partial charge in [0.25, 0.3) is 11.8 Å². The standard InChI is InChI=1S/C33H38Cl2N4O2/c1-4-33(2,3)24-7-5-6-20(16-24)19-36-31(40)23-11-15-28-29(18-23)39-30(38-28)21-8-12-25(13-9-21)37-32(41)22-10-14-26(34)27(35)17-22/h8-9,11-13,15,17-18,20,24H,4-7,10,14,16,19H2,1-3H3,(H,36,40)(H,37,41)(H,38,39). The average molecular weight is 594 g/mol. The van der Waals surface area contributed by atoms with Gasteiger partial charge in [0.2, 0.25) is 0 Å². The molecule has 2 aliphatic carbocycles. The third kappa shape index (κ3) is 6.87. The first-order valence-corrected chi connectivity index (χ1v) is 15.3. The molecule has 1 heterocycles. The van der Waals surface area contributed by atoms with Gasteiger partial charge in [0, 0.05) is 34.0 Å². The van der Waals surface area contributed by atoms with E-state index in [9.17, 15) is 9.59 Å². The Hall–Kier alpha value is -3.09. The zero-order chi connectivity index (χ0) is 29.1. The number of aromatic nitrogens is 2. The molecule has 41 heavy (non-hydrogen) atoms. The van der Waals surface area contributed by atoms with E-state index in [0.717, 1.165) is 29.1 Å². The average Bonchev–Trinajstić information content (AvgIpc) is 3.41. The molecule has 0 spiro atoms. The number of benzene rings is 2. The first-order valence-electron chi connectivity index (χ1n) is 14.6. The van der Waals surface area contributed by atoms with Gasteiger partial charge in [0.15, 0.2) is 0 Å². The van der Waals surface area contributed by atoms with E-state index in [1.54, 1.807) is 6.08 Å². The van der Waals surface area contributed by atoms with Gasteiger partial charge in [0.05, 0.1) is 16.1 Å². The van der Waals surface area contributed by atoms with Crippen LogP contribution in [0, 0.1) is 17.3 Å². The predicted molar refractivity (Wildman–Crippen MR) is 168 cm³/mol. The molecule has 6 nitrogen and oxygen atoms in total. The van der Waals surface area contributed by atoms with Crippen molar-refractivity contribution in [1.82, 2.24) is 15.3 Å². The fourth-order valence-electron chi connectivity index (χ4n) is 5.87. The van der Waals surface area contributed by atoms with Gasteiger partial charge in [-0.2, -0.15) is 0 Å². The van der Waals surface area contributed by atoms with Gasteiger partial charge in [-0.1, -0.05) is 56.8 Å². The number of H-pyrrole nitrogens is 1. The number of nitrogens with zero attached hydrogens (tertiary/aromatic N) is 1. The molecule has 0 bridgehead atoms. The lowest BCUT2D eigenvalue weighted by atomic mass is 9.67. The van der Waals surface area contributed by atoms with E-state index >= 15 is 0 Å². The Labute approximate surface area is 252 Å². The minimum atomic E-state index is -0.192. The summed E-state index contributed by atoms with van der Waals surface area (Å²) in [7, 11) is 0. The van der Waals surface area contributed by atoms with Crippen molar-refractivity contribution in [2.24, 2.45) is 17.3 Å². The fourth-order valence-corrected chi connectivity index (χ4v) is 6.25. The number of rotatable bonds is 8. The highest BCUT2D eigenvalue weighted by molar-refractivity contribution is 6.40. The molecule has 216 valence electrons. The Bertz CT molecular complexity index is 1500. The monoisotopic (exact) mass is 592 g/mol. The van der Waals surface area contributed by atoms with Crippen LogP contribution in [0.15, 0.2) is 64.2 Å². The number of carbonyl (C=O) groups excluding carboxylic acids is 2. The Morgan fingerprint density at radius 3 is 2.56 bits per heavy atom. The summed E-state index contributed by atoms with van der Waals surface area (Å²) in [4.78, 5) is 33.7. The second kappa shape index (κ2) is 12.4. The van der Waals surface area contributed by atoms with Crippen molar-refractivity contribution in [1.29, 1.82) is 0 Å². The van der Waals surface area contributed by atoms with Gasteiger partial charge < -0.3 is 15.6 Å². The van der Waals surface area contributed by atoms with Crippen molar-refractivity contribution in [3.63, 3.8) is 0 Å². The Morgan fingerprint density at radius 2 is 1.83 bits per heavy atom.